The third-order valence-corrected chi connectivity index (χ3v) is 12.9. The second-order valence-corrected chi connectivity index (χ2v) is 15.7. The van der Waals surface area contributed by atoms with Crippen molar-refractivity contribution in [1.82, 2.24) is 0 Å². The molecular weight excluding hydrogens is 649 g/mol. The van der Waals surface area contributed by atoms with Gasteiger partial charge in [0.15, 0.2) is 0 Å². The summed E-state index contributed by atoms with van der Waals surface area (Å²) in [7, 11) is 0. The lowest BCUT2D eigenvalue weighted by Crippen LogP contribution is -2.22. The van der Waals surface area contributed by atoms with Crippen molar-refractivity contribution >= 4 is 23.5 Å². The van der Waals surface area contributed by atoms with Crippen LogP contribution < -0.4 is 0 Å². The van der Waals surface area contributed by atoms with E-state index in [4.69, 9.17) is 0 Å². The Morgan fingerprint density at radius 1 is 0.400 bits per heavy atom. The lowest BCUT2D eigenvalue weighted by Gasteiger charge is -2.29. The number of aromatic hydroxyl groups is 2. The molecule has 2 nitrogen and oxygen atoms in total. The normalized spacial score (nSPS) is 16.4. The van der Waals surface area contributed by atoms with Crippen LogP contribution in [0.3, 0.4) is 0 Å². The van der Waals surface area contributed by atoms with Crippen molar-refractivity contribution in [1.29, 1.82) is 0 Å². The zero-order valence-electron chi connectivity index (χ0n) is 28.4. The molecule has 0 aliphatic heterocycles. The fourth-order valence-corrected chi connectivity index (χ4v) is 10.1. The molecule has 7 rings (SSSR count). The Morgan fingerprint density at radius 3 is 1.10 bits per heavy atom. The van der Waals surface area contributed by atoms with Crippen LogP contribution in [-0.2, 0) is 11.5 Å². The van der Waals surface area contributed by atoms with Crippen molar-refractivity contribution < 1.29 is 10.2 Å². The van der Waals surface area contributed by atoms with Crippen molar-refractivity contribution in [3.63, 3.8) is 0 Å². The number of thioether (sulfide) groups is 2. The molecule has 0 saturated heterocycles. The van der Waals surface area contributed by atoms with Gasteiger partial charge in [-0.15, -0.1) is 0 Å². The summed E-state index contributed by atoms with van der Waals surface area (Å²) in [6.45, 7) is 0. The van der Waals surface area contributed by atoms with Gasteiger partial charge in [0.25, 0.3) is 0 Å². The van der Waals surface area contributed by atoms with Gasteiger partial charge in [0, 0.05) is 44.3 Å². The SMILES string of the molecule is Oc1c(CS[C@@H]2CCCCCC[C@H]2SCc2cc(-c3ccccc3)cc(-c3ccccc3)c2O)cc(-c2ccccc2)cc1-c1ccccc1. The first kappa shape index (κ1) is 34.1. The number of rotatable bonds is 10. The molecule has 0 radical (unpaired) electrons. The molecule has 0 amide bonds. The van der Waals surface area contributed by atoms with Gasteiger partial charge in [0.1, 0.15) is 11.5 Å². The second-order valence-electron chi connectivity index (χ2n) is 13.2. The first-order valence-corrected chi connectivity index (χ1v) is 19.9. The van der Waals surface area contributed by atoms with Crippen LogP contribution in [0.1, 0.15) is 49.7 Å². The molecule has 2 atom stereocenters. The summed E-state index contributed by atoms with van der Waals surface area (Å²) in [5, 5.41) is 24.3. The van der Waals surface area contributed by atoms with Crippen molar-refractivity contribution in [2.75, 3.05) is 0 Å². The fraction of sp³-hybridized carbons (Fsp3) is 0.217. The molecule has 6 aromatic carbocycles. The summed E-state index contributed by atoms with van der Waals surface area (Å²) >= 11 is 4.00. The summed E-state index contributed by atoms with van der Waals surface area (Å²) in [6.07, 6.45) is 7.35. The quantitative estimate of drug-likeness (QED) is 0.150. The van der Waals surface area contributed by atoms with Gasteiger partial charge in [0.05, 0.1) is 0 Å². The van der Waals surface area contributed by atoms with Crippen LogP contribution >= 0.6 is 23.5 Å². The molecule has 1 fully saturated rings. The molecule has 0 unspecified atom stereocenters. The van der Waals surface area contributed by atoms with Gasteiger partial charge >= 0.3 is 0 Å². The van der Waals surface area contributed by atoms with E-state index in [9.17, 15) is 10.2 Å². The van der Waals surface area contributed by atoms with Gasteiger partial charge < -0.3 is 10.2 Å². The van der Waals surface area contributed by atoms with Gasteiger partial charge in [-0.25, -0.2) is 0 Å². The summed E-state index contributed by atoms with van der Waals surface area (Å²) in [5.41, 5.74) is 10.4. The van der Waals surface area contributed by atoms with Crippen molar-refractivity contribution in [3.8, 4) is 56.0 Å². The third-order valence-electron chi connectivity index (χ3n) is 9.81. The Kier molecular flexibility index (Phi) is 11.3. The van der Waals surface area contributed by atoms with Gasteiger partial charge in [-0.1, -0.05) is 147 Å². The van der Waals surface area contributed by atoms with Crippen LogP contribution in [0, 0.1) is 0 Å². The number of phenolic OH excluding ortho intramolecular Hbond substituents is 2. The monoisotopic (exact) mass is 692 g/mol. The van der Waals surface area contributed by atoms with Crippen LogP contribution in [0.25, 0.3) is 44.5 Å². The van der Waals surface area contributed by atoms with Crippen molar-refractivity contribution in [3.05, 3.63) is 157 Å². The highest BCUT2D eigenvalue weighted by Crippen LogP contribution is 2.44. The van der Waals surface area contributed by atoms with E-state index in [0.717, 1.165) is 80.0 Å². The van der Waals surface area contributed by atoms with E-state index in [1.807, 2.05) is 72.1 Å². The lowest BCUT2D eigenvalue weighted by molar-refractivity contribution is 0.472. The smallest absolute Gasteiger partial charge is 0.127 e. The Balaban J connectivity index is 1.16. The molecule has 1 aliphatic rings. The molecule has 0 heterocycles. The van der Waals surface area contributed by atoms with E-state index >= 15 is 0 Å². The zero-order chi connectivity index (χ0) is 34.1. The van der Waals surface area contributed by atoms with Crippen LogP contribution in [0.2, 0.25) is 0 Å². The van der Waals surface area contributed by atoms with Gasteiger partial charge in [-0.3, -0.25) is 0 Å². The minimum Gasteiger partial charge on any atom is -0.507 e. The van der Waals surface area contributed by atoms with Gasteiger partial charge in [0.2, 0.25) is 0 Å². The highest BCUT2D eigenvalue weighted by Gasteiger charge is 2.26. The topological polar surface area (TPSA) is 40.5 Å². The molecule has 0 spiro atoms. The Bertz CT molecular complexity index is 1830. The third kappa shape index (κ3) is 8.15. The van der Waals surface area contributed by atoms with Crippen LogP contribution in [0.4, 0.5) is 0 Å². The second kappa shape index (κ2) is 16.6. The number of hydrogen-bond donors (Lipinski definition) is 2. The van der Waals surface area contributed by atoms with Gasteiger partial charge in [-0.05, 0) is 70.5 Å². The minimum atomic E-state index is 0.384. The van der Waals surface area contributed by atoms with Crippen LogP contribution in [0.15, 0.2) is 146 Å². The number of benzene rings is 6. The molecule has 1 aliphatic carbocycles. The molecule has 2 N–H and O–H groups in total. The summed E-state index contributed by atoms with van der Waals surface area (Å²) in [4.78, 5) is 0. The standard InChI is InChI=1S/C46H44O2S2/c47-45-39(27-37(33-17-7-3-8-18-33)29-41(45)35-21-11-5-12-22-35)31-49-43-25-15-1-2-16-26-44(43)50-32-40-28-38(34-19-9-4-10-20-34)30-42(46(40)48)36-23-13-6-14-24-36/h3-14,17-24,27-30,43-44,47-48H,1-2,15-16,25-26,31-32H2/t43-,44-/m1/s1. The largest absolute Gasteiger partial charge is 0.507 e. The first-order valence-electron chi connectivity index (χ1n) is 17.8. The highest BCUT2D eigenvalue weighted by molar-refractivity contribution is 8.03. The van der Waals surface area contributed by atoms with E-state index in [1.165, 1.54) is 25.7 Å². The average molecular weight is 693 g/mol. The van der Waals surface area contributed by atoms with E-state index in [-0.39, 0.29) is 0 Å². The minimum absolute atomic E-state index is 0.384. The lowest BCUT2D eigenvalue weighted by atomic mass is 9.95. The molecular formula is C46H44O2S2. The molecule has 4 heteroatoms. The maximum atomic E-state index is 11.7. The maximum absolute atomic E-state index is 11.7. The number of phenols is 2. The first-order chi connectivity index (χ1) is 24.6. The molecule has 50 heavy (non-hydrogen) atoms. The molecule has 6 aromatic rings. The van der Waals surface area contributed by atoms with Crippen molar-refractivity contribution in [2.24, 2.45) is 0 Å². The Hall–Kier alpha value is -4.38. The summed E-state index contributed by atoms with van der Waals surface area (Å²) in [5.74, 6) is 2.27. The van der Waals surface area contributed by atoms with E-state index in [0.29, 0.717) is 22.0 Å². The fourth-order valence-electron chi connectivity index (χ4n) is 7.07. The van der Waals surface area contributed by atoms with Crippen molar-refractivity contribution in [2.45, 2.75) is 60.5 Å². The maximum Gasteiger partial charge on any atom is 0.127 e. The Morgan fingerprint density at radius 2 is 0.740 bits per heavy atom. The zero-order valence-corrected chi connectivity index (χ0v) is 30.0. The Labute approximate surface area is 305 Å². The number of hydrogen-bond acceptors (Lipinski definition) is 4. The predicted octanol–water partition coefficient (Wildman–Crippen LogP) is 13.0. The van der Waals surface area contributed by atoms with Crippen LogP contribution in [-0.4, -0.2) is 20.7 Å². The van der Waals surface area contributed by atoms with E-state index in [2.05, 4.69) is 97.1 Å². The molecule has 0 bridgehead atoms. The molecule has 1 saturated carbocycles. The molecule has 252 valence electrons. The van der Waals surface area contributed by atoms with E-state index < -0.39 is 0 Å². The van der Waals surface area contributed by atoms with Crippen LogP contribution in [0.5, 0.6) is 11.5 Å². The summed E-state index contributed by atoms with van der Waals surface area (Å²) in [6, 6.07) is 50.1. The van der Waals surface area contributed by atoms with E-state index in [1.54, 1.807) is 0 Å². The highest BCUT2D eigenvalue weighted by atomic mass is 32.2. The average Bonchev–Trinajstić information content (AvgIpc) is 3.16. The summed E-state index contributed by atoms with van der Waals surface area (Å²) < 4.78 is 0. The van der Waals surface area contributed by atoms with Gasteiger partial charge in [-0.2, -0.15) is 23.5 Å². The predicted molar refractivity (Wildman–Crippen MR) is 216 cm³/mol. The molecule has 0 aromatic heterocycles.